The summed E-state index contributed by atoms with van der Waals surface area (Å²) >= 11 is 3.00. The number of halogens is 2. The van der Waals surface area contributed by atoms with Crippen molar-refractivity contribution in [3.63, 3.8) is 0 Å². The summed E-state index contributed by atoms with van der Waals surface area (Å²) in [7, 11) is 0. The molecule has 5 nitrogen and oxygen atoms in total. The minimum absolute atomic E-state index is 0.221. The Morgan fingerprint density at radius 1 is 1.32 bits per heavy atom. The maximum atomic E-state index is 13.3. The van der Waals surface area contributed by atoms with Crippen LogP contribution in [-0.4, -0.2) is 25.9 Å². The standard InChI is InChI=1S/C19H18F2N4OS2/c1-11(18(26)22-12-4-7-15(20)16(21)9-12)28-19-24-23-17(25(19)13-5-6-13)10-14-3-2-8-27-14/h2-4,7-9,11,13H,5-6,10H2,1H3,(H,22,26). The van der Waals surface area contributed by atoms with Crippen molar-refractivity contribution >= 4 is 34.7 Å². The molecule has 1 aromatic carbocycles. The minimum atomic E-state index is -0.996. The van der Waals surface area contributed by atoms with Crippen molar-refractivity contribution < 1.29 is 13.6 Å². The van der Waals surface area contributed by atoms with Gasteiger partial charge in [-0.3, -0.25) is 4.79 Å². The van der Waals surface area contributed by atoms with Gasteiger partial charge in [0.1, 0.15) is 5.82 Å². The summed E-state index contributed by atoms with van der Waals surface area (Å²) in [4.78, 5) is 13.7. The van der Waals surface area contributed by atoms with E-state index in [0.29, 0.717) is 11.2 Å². The van der Waals surface area contributed by atoms with Gasteiger partial charge in [0.15, 0.2) is 16.8 Å². The Hall–Kier alpha value is -2.26. The van der Waals surface area contributed by atoms with Crippen LogP contribution in [0.15, 0.2) is 40.9 Å². The van der Waals surface area contributed by atoms with Crippen LogP contribution in [0.5, 0.6) is 0 Å². The first-order valence-electron chi connectivity index (χ1n) is 8.90. The summed E-state index contributed by atoms with van der Waals surface area (Å²) in [6.45, 7) is 1.75. The van der Waals surface area contributed by atoms with E-state index < -0.39 is 16.9 Å². The SMILES string of the molecule is CC(Sc1nnc(Cc2cccs2)n1C1CC1)C(=O)Nc1ccc(F)c(F)c1. The molecular formula is C19H18F2N4OS2. The summed E-state index contributed by atoms with van der Waals surface area (Å²) in [6, 6.07) is 7.76. The van der Waals surface area contributed by atoms with Gasteiger partial charge in [-0.15, -0.1) is 21.5 Å². The van der Waals surface area contributed by atoms with Crippen molar-refractivity contribution in [2.24, 2.45) is 0 Å². The average molecular weight is 421 g/mol. The van der Waals surface area contributed by atoms with Gasteiger partial charge in [-0.05, 0) is 43.3 Å². The maximum Gasteiger partial charge on any atom is 0.237 e. The third-order valence-corrected chi connectivity index (χ3v) is 6.33. The second kappa shape index (κ2) is 8.00. The molecule has 9 heteroatoms. The Bertz CT molecular complexity index is 986. The van der Waals surface area contributed by atoms with E-state index in [2.05, 4.69) is 26.1 Å². The number of thioether (sulfide) groups is 1. The second-order valence-corrected chi connectivity index (χ2v) is 8.97. The first-order valence-corrected chi connectivity index (χ1v) is 10.7. The zero-order valence-corrected chi connectivity index (χ0v) is 16.7. The number of hydrogen-bond donors (Lipinski definition) is 1. The van der Waals surface area contributed by atoms with Gasteiger partial charge in [-0.2, -0.15) is 0 Å². The van der Waals surface area contributed by atoms with Crippen LogP contribution >= 0.6 is 23.1 Å². The van der Waals surface area contributed by atoms with Crippen LogP contribution < -0.4 is 5.32 Å². The van der Waals surface area contributed by atoms with E-state index in [0.717, 1.165) is 37.2 Å². The highest BCUT2D eigenvalue weighted by molar-refractivity contribution is 8.00. The van der Waals surface area contributed by atoms with E-state index in [-0.39, 0.29) is 11.6 Å². The number of aromatic nitrogens is 3. The van der Waals surface area contributed by atoms with Crippen molar-refractivity contribution in [1.82, 2.24) is 14.8 Å². The molecule has 0 spiro atoms. The van der Waals surface area contributed by atoms with E-state index in [1.54, 1.807) is 18.3 Å². The third kappa shape index (κ3) is 4.25. The fraction of sp³-hybridized carbons (Fsp3) is 0.316. The van der Waals surface area contributed by atoms with Crippen LogP contribution in [-0.2, 0) is 11.2 Å². The number of carbonyl (C=O) groups is 1. The molecule has 146 valence electrons. The lowest BCUT2D eigenvalue weighted by molar-refractivity contribution is -0.115. The number of rotatable bonds is 7. The lowest BCUT2D eigenvalue weighted by atomic mass is 10.3. The van der Waals surface area contributed by atoms with Crippen LogP contribution in [0.1, 0.15) is 36.5 Å². The van der Waals surface area contributed by atoms with Crippen molar-refractivity contribution in [1.29, 1.82) is 0 Å². The number of carbonyl (C=O) groups excluding carboxylic acids is 1. The zero-order chi connectivity index (χ0) is 19.7. The quantitative estimate of drug-likeness (QED) is 0.565. The Balaban J connectivity index is 1.46. The molecule has 1 unspecified atom stereocenters. The predicted octanol–water partition coefficient (Wildman–Crippen LogP) is 4.66. The van der Waals surface area contributed by atoms with Crippen molar-refractivity contribution in [2.45, 2.75) is 42.6 Å². The fourth-order valence-corrected chi connectivity index (χ4v) is 4.45. The summed E-state index contributed by atoms with van der Waals surface area (Å²) in [6.07, 6.45) is 2.88. The van der Waals surface area contributed by atoms with Crippen LogP contribution in [0.4, 0.5) is 14.5 Å². The molecule has 0 bridgehead atoms. The van der Waals surface area contributed by atoms with E-state index in [4.69, 9.17) is 0 Å². The molecule has 1 atom stereocenters. The third-order valence-electron chi connectivity index (χ3n) is 4.40. The van der Waals surface area contributed by atoms with E-state index in [9.17, 15) is 13.6 Å². The van der Waals surface area contributed by atoms with Gasteiger partial charge in [0.25, 0.3) is 0 Å². The number of nitrogens with one attached hydrogen (secondary N) is 1. The minimum Gasteiger partial charge on any atom is -0.325 e. The first-order chi connectivity index (χ1) is 13.5. The highest BCUT2D eigenvalue weighted by Crippen LogP contribution is 2.40. The average Bonchev–Trinajstić information content (AvgIpc) is 3.22. The summed E-state index contributed by atoms with van der Waals surface area (Å²) in [5.74, 6) is -1.34. The van der Waals surface area contributed by atoms with E-state index in [1.807, 2.05) is 11.4 Å². The van der Waals surface area contributed by atoms with Crippen molar-refractivity contribution in [3.8, 4) is 0 Å². The molecule has 28 heavy (non-hydrogen) atoms. The monoisotopic (exact) mass is 420 g/mol. The summed E-state index contributed by atoms with van der Waals surface area (Å²) < 4.78 is 28.5. The molecule has 4 rings (SSSR count). The van der Waals surface area contributed by atoms with Gasteiger partial charge in [0, 0.05) is 29.1 Å². The molecule has 1 saturated carbocycles. The molecule has 1 amide bonds. The van der Waals surface area contributed by atoms with Gasteiger partial charge in [-0.25, -0.2) is 8.78 Å². The molecule has 1 aliphatic rings. The zero-order valence-electron chi connectivity index (χ0n) is 15.1. The van der Waals surface area contributed by atoms with Crippen molar-refractivity contribution in [2.75, 3.05) is 5.32 Å². The molecule has 0 aliphatic heterocycles. The molecule has 3 aromatic rings. The largest absolute Gasteiger partial charge is 0.325 e. The van der Waals surface area contributed by atoms with E-state index >= 15 is 0 Å². The van der Waals surface area contributed by atoms with Gasteiger partial charge in [0.05, 0.1) is 5.25 Å². The van der Waals surface area contributed by atoms with Gasteiger partial charge in [-0.1, -0.05) is 17.8 Å². The molecule has 1 N–H and O–H groups in total. The van der Waals surface area contributed by atoms with Gasteiger partial charge in [0.2, 0.25) is 5.91 Å². The van der Waals surface area contributed by atoms with Crippen LogP contribution in [0.3, 0.4) is 0 Å². The molecular weight excluding hydrogens is 402 g/mol. The molecule has 2 aromatic heterocycles. The van der Waals surface area contributed by atoms with Gasteiger partial charge < -0.3 is 9.88 Å². The number of thiophene rings is 1. The topological polar surface area (TPSA) is 59.8 Å². The Kier molecular flexibility index (Phi) is 5.45. The van der Waals surface area contributed by atoms with Crippen LogP contribution in [0.2, 0.25) is 0 Å². The number of nitrogens with zero attached hydrogens (tertiary/aromatic N) is 3. The number of amides is 1. The number of hydrogen-bond acceptors (Lipinski definition) is 5. The lowest BCUT2D eigenvalue weighted by Gasteiger charge is -2.13. The Morgan fingerprint density at radius 3 is 2.82 bits per heavy atom. The van der Waals surface area contributed by atoms with Crippen LogP contribution in [0, 0.1) is 11.6 Å². The smallest absolute Gasteiger partial charge is 0.237 e. The first kappa shape index (κ1) is 19.1. The van der Waals surface area contributed by atoms with Crippen LogP contribution in [0.25, 0.3) is 0 Å². The van der Waals surface area contributed by atoms with Gasteiger partial charge >= 0.3 is 0 Å². The highest BCUT2D eigenvalue weighted by atomic mass is 32.2. The Morgan fingerprint density at radius 2 is 2.14 bits per heavy atom. The molecule has 1 aliphatic carbocycles. The highest BCUT2D eigenvalue weighted by Gasteiger charge is 2.31. The fourth-order valence-electron chi connectivity index (χ4n) is 2.81. The predicted molar refractivity (Wildman–Crippen MR) is 106 cm³/mol. The molecule has 2 heterocycles. The number of anilines is 1. The summed E-state index contributed by atoms with van der Waals surface area (Å²) in [5, 5.41) is 13.5. The molecule has 1 fully saturated rings. The molecule has 0 saturated heterocycles. The molecule has 0 radical (unpaired) electrons. The summed E-state index contributed by atoms with van der Waals surface area (Å²) in [5.41, 5.74) is 0.221. The van der Waals surface area contributed by atoms with Crippen molar-refractivity contribution in [3.05, 3.63) is 58.0 Å². The lowest BCUT2D eigenvalue weighted by Crippen LogP contribution is -2.23. The van der Waals surface area contributed by atoms with E-state index in [1.165, 1.54) is 22.7 Å². The number of benzene rings is 1. The maximum absolute atomic E-state index is 13.3. The normalized spacial score (nSPS) is 14.8. The Labute approximate surface area is 169 Å². The second-order valence-electron chi connectivity index (χ2n) is 6.63.